The van der Waals surface area contributed by atoms with Gasteiger partial charge in [0.05, 0.1) is 7.11 Å². The molecule has 0 aliphatic carbocycles. The van der Waals surface area contributed by atoms with E-state index in [0.717, 1.165) is 29.8 Å². The van der Waals surface area contributed by atoms with Crippen LogP contribution in [0.5, 0.6) is 5.75 Å². The van der Waals surface area contributed by atoms with Crippen molar-refractivity contribution in [2.75, 3.05) is 13.7 Å². The number of nitrogens with zero attached hydrogens (tertiary/aromatic N) is 1. The molecule has 0 unspecified atom stereocenters. The van der Waals surface area contributed by atoms with Crippen LogP contribution < -0.4 is 10.1 Å². The van der Waals surface area contributed by atoms with Crippen molar-refractivity contribution in [2.24, 2.45) is 0 Å². The van der Waals surface area contributed by atoms with Gasteiger partial charge in [-0.05, 0) is 41.8 Å². The highest BCUT2D eigenvalue weighted by Gasteiger charge is 2.19. The van der Waals surface area contributed by atoms with Crippen LogP contribution in [0.15, 0.2) is 48.5 Å². The molecule has 0 saturated carbocycles. The zero-order valence-electron chi connectivity index (χ0n) is 14.3. The van der Waals surface area contributed by atoms with Crippen molar-refractivity contribution in [3.8, 4) is 5.75 Å². The maximum Gasteiger partial charge on any atom is 0.251 e. The Bertz CT molecular complexity index is 756. The Morgan fingerprint density at radius 3 is 2.60 bits per heavy atom. The quantitative estimate of drug-likeness (QED) is 0.881. The highest BCUT2D eigenvalue weighted by molar-refractivity contribution is 5.94. The lowest BCUT2D eigenvalue weighted by Gasteiger charge is -2.16. The molecule has 2 aromatic carbocycles. The highest BCUT2D eigenvalue weighted by Crippen LogP contribution is 2.15. The molecule has 5 nitrogen and oxygen atoms in total. The van der Waals surface area contributed by atoms with Crippen LogP contribution in [0.25, 0.3) is 0 Å². The second kappa shape index (κ2) is 7.83. The Morgan fingerprint density at radius 1 is 1.16 bits per heavy atom. The molecule has 1 saturated heterocycles. The van der Waals surface area contributed by atoms with E-state index in [1.807, 2.05) is 29.2 Å². The zero-order chi connectivity index (χ0) is 17.6. The van der Waals surface area contributed by atoms with Crippen molar-refractivity contribution in [3.63, 3.8) is 0 Å². The summed E-state index contributed by atoms with van der Waals surface area (Å²) in [5.41, 5.74) is 2.71. The van der Waals surface area contributed by atoms with E-state index in [-0.39, 0.29) is 11.8 Å². The highest BCUT2D eigenvalue weighted by atomic mass is 16.5. The summed E-state index contributed by atoms with van der Waals surface area (Å²) in [4.78, 5) is 25.8. The molecule has 0 aromatic heterocycles. The summed E-state index contributed by atoms with van der Waals surface area (Å²) in [5.74, 6) is 0.821. The third-order valence-corrected chi connectivity index (χ3v) is 4.34. The van der Waals surface area contributed by atoms with Crippen LogP contribution in [0, 0.1) is 0 Å². The maximum atomic E-state index is 12.2. The minimum Gasteiger partial charge on any atom is -0.497 e. The molecule has 25 heavy (non-hydrogen) atoms. The smallest absolute Gasteiger partial charge is 0.251 e. The fraction of sp³-hybridized carbons (Fsp3) is 0.300. The lowest BCUT2D eigenvalue weighted by atomic mass is 10.1. The Kier molecular flexibility index (Phi) is 5.33. The molecule has 5 heteroatoms. The van der Waals surface area contributed by atoms with Crippen molar-refractivity contribution >= 4 is 11.8 Å². The van der Waals surface area contributed by atoms with E-state index in [1.54, 1.807) is 31.4 Å². The van der Waals surface area contributed by atoms with Gasteiger partial charge in [0.25, 0.3) is 5.91 Å². The lowest BCUT2D eigenvalue weighted by molar-refractivity contribution is -0.128. The molecule has 0 radical (unpaired) electrons. The average molecular weight is 338 g/mol. The number of rotatable bonds is 6. The molecule has 0 atom stereocenters. The number of methoxy groups -OCH3 is 1. The van der Waals surface area contributed by atoms with Gasteiger partial charge in [-0.2, -0.15) is 0 Å². The topological polar surface area (TPSA) is 58.6 Å². The summed E-state index contributed by atoms with van der Waals surface area (Å²) in [5, 5.41) is 2.92. The molecule has 1 fully saturated rings. The third kappa shape index (κ3) is 4.38. The molecule has 3 rings (SSSR count). The van der Waals surface area contributed by atoms with Gasteiger partial charge in [0.1, 0.15) is 5.75 Å². The maximum absolute atomic E-state index is 12.2. The first-order valence-electron chi connectivity index (χ1n) is 8.43. The number of carbonyl (C=O) groups excluding carboxylic acids is 2. The fourth-order valence-electron chi connectivity index (χ4n) is 2.96. The second-order valence-electron chi connectivity index (χ2n) is 6.15. The van der Waals surface area contributed by atoms with E-state index in [2.05, 4.69) is 5.32 Å². The van der Waals surface area contributed by atoms with Crippen LogP contribution >= 0.6 is 0 Å². The van der Waals surface area contributed by atoms with Crippen LogP contribution in [0.4, 0.5) is 0 Å². The second-order valence-corrected chi connectivity index (χ2v) is 6.15. The number of hydrogen-bond donors (Lipinski definition) is 1. The van der Waals surface area contributed by atoms with Crippen LogP contribution in [0.2, 0.25) is 0 Å². The summed E-state index contributed by atoms with van der Waals surface area (Å²) >= 11 is 0. The average Bonchev–Trinajstić information content (AvgIpc) is 3.05. The minimum absolute atomic E-state index is 0.122. The Balaban J connectivity index is 1.58. The van der Waals surface area contributed by atoms with Gasteiger partial charge in [-0.1, -0.05) is 24.3 Å². The summed E-state index contributed by atoms with van der Waals surface area (Å²) in [6.45, 7) is 1.92. The van der Waals surface area contributed by atoms with Gasteiger partial charge in [-0.25, -0.2) is 0 Å². The largest absolute Gasteiger partial charge is 0.497 e. The fourth-order valence-corrected chi connectivity index (χ4v) is 2.96. The lowest BCUT2D eigenvalue weighted by Crippen LogP contribution is -2.24. The van der Waals surface area contributed by atoms with Crippen LogP contribution in [-0.2, 0) is 17.9 Å². The first-order valence-corrected chi connectivity index (χ1v) is 8.43. The summed E-state index contributed by atoms with van der Waals surface area (Å²) in [7, 11) is 1.60. The van der Waals surface area contributed by atoms with Gasteiger partial charge in [0.2, 0.25) is 5.91 Å². The van der Waals surface area contributed by atoms with Crippen molar-refractivity contribution in [3.05, 3.63) is 65.2 Å². The van der Waals surface area contributed by atoms with Crippen molar-refractivity contribution in [2.45, 2.75) is 25.9 Å². The SMILES string of the molecule is COc1ccc(C(=O)NCc2cccc(CN3CCCC3=O)c2)cc1. The molecule has 0 spiro atoms. The van der Waals surface area contributed by atoms with Gasteiger partial charge in [-0.3, -0.25) is 9.59 Å². The standard InChI is InChI=1S/C20H22N2O3/c1-25-18-9-7-17(8-10-18)20(24)21-13-15-4-2-5-16(12-15)14-22-11-3-6-19(22)23/h2,4-5,7-10,12H,3,6,11,13-14H2,1H3,(H,21,24). The van der Waals surface area contributed by atoms with Gasteiger partial charge in [0, 0.05) is 31.6 Å². The molecule has 130 valence electrons. The van der Waals surface area contributed by atoms with Crippen molar-refractivity contribution < 1.29 is 14.3 Å². The number of ether oxygens (including phenoxy) is 1. The molecular weight excluding hydrogens is 316 g/mol. The molecule has 2 amide bonds. The third-order valence-electron chi connectivity index (χ3n) is 4.34. The summed E-state index contributed by atoms with van der Waals surface area (Å²) < 4.78 is 5.09. The number of benzene rings is 2. The van der Waals surface area contributed by atoms with Gasteiger partial charge < -0.3 is 15.0 Å². The predicted octanol–water partition coefficient (Wildman–Crippen LogP) is 2.75. The van der Waals surface area contributed by atoms with Crippen LogP contribution in [0.3, 0.4) is 0 Å². The number of amides is 2. The molecular formula is C20H22N2O3. The van der Waals surface area contributed by atoms with Gasteiger partial charge >= 0.3 is 0 Å². The number of hydrogen-bond acceptors (Lipinski definition) is 3. The molecule has 1 aliphatic rings. The number of likely N-dealkylation sites (tertiary alicyclic amines) is 1. The van der Waals surface area contributed by atoms with E-state index >= 15 is 0 Å². The predicted molar refractivity (Wildman–Crippen MR) is 95.3 cm³/mol. The first-order chi connectivity index (χ1) is 12.2. The minimum atomic E-state index is -0.122. The van der Waals surface area contributed by atoms with Gasteiger partial charge in [-0.15, -0.1) is 0 Å². The Morgan fingerprint density at radius 2 is 1.92 bits per heavy atom. The number of carbonyl (C=O) groups is 2. The molecule has 1 aliphatic heterocycles. The van der Waals surface area contributed by atoms with E-state index in [1.165, 1.54) is 0 Å². The van der Waals surface area contributed by atoms with Gasteiger partial charge in [0.15, 0.2) is 0 Å². The first kappa shape index (κ1) is 17.0. The molecule has 1 heterocycles. The summed E-state index contributed by atoms with van der Waals surface area (Å²) in [6.07, 6.45) is 1.59. The van der Waals surface area contributed by atoms with Crippen molar-refractivity contribution in [1.82, 2.24) is 10.2 Å². The van der Waals surface area contributed by atoms with E-state index in [0.29, 0.717) is 25.1 Å². The van der Waals surface area contributed by atoms with E-state index in [9.17, 15) is 9.59 Å². The van der Waals surface area contributed by atoms with Crippen molar-refractivity contribution in [1.29, 1.82) is 0 Å². The number of nitrogens with one attached hydrogen (secondary N) is 1. The molecule has 2 aromatic rings. The van der Waals surface area contributed by atoms with Crippen LogP contribution in [0.1, 0.15) is 34.3 Å². The monoisotopic (exact) mass is 338 g/mol. The van der Waals surface area contributed by atoms with E-state index < -0.39 is 0 Å². The molecule has 0 bridgehead atoms. The van der Waals surface area contributed by atoms with Crippen LogP contribution in [-0.4, -0.2) is 30.4 Å². The Hall–Kier alpha value is -2.82. The molecule has 1 N–H and O–H groups in total. The van der Waals surface area contributed by atoms with E-state index in [4.69, 9.17) is 4.74 Å². The Labute approximate surface area is 147 Å². The normalized spacial score (nSPS) is 13.8. The summed E-state index contributed by atoms with van der Waals surface area (Å²) in [6, 6.07) is 15.0. The zero-order valence-corrected chi connectivity index (χ0v) is 14.3.